The first-order valence-electron chi connectivity index (χ1n) is 10.9. The van der Waals surface area contributed by atoms with Crippen LogP contribution in [0.1, 0.15) is 68.0 Å². The molecule has 8 atom stereocenters. The molecule has 140 valence electrons. The van der Waals surface area contributed by atoms with Gasteiger partial charge in [-0.15, -0.1) is 0 Å². The number of rotatable bonds is 2. The van der Waals surface area contributed by atoms with Crippen molar-refractivity contribution in [2.24, 2.45) is 28.6 Å². The highest BCUT2D eigenvalue weighted by Crippen LogP contribution is 2.64. The first-order valence-corrected chi connectivity index (χ1v) is 9.81. The molecule has 0 radical (unpaired) electrons. The van der Waals surface area contributed by atoms with Gasteiger partial charge in [0.2, 0.25) is 0 Å². The lowest BCUT2D eigenvalue weighted by Gasteiger charge is -2.58. The van der Waals surface area contributed by atoms with E-state index >= 15 is 0 Å². The second kappa shape index (κ2) is 6.09. The van der Waals surface area contributed by atoms with E-state index in [-0.39, 0.29) is 23.9 Å². The van der Waals surface area contributed by atoms with Crippen LogP contribution in [0.25, 0.3) is 0 Å². The van der Waals surface area contributed by atoms with Crippen LogP contribution in [0.4, 0.5) is 0 Å². The molecule has 4 aliphatic carbocycles. The van der Waals surface area contributed by atoms with Crippen molar-refractivity contribution in [2.75, 3.05) is 6.58 Å². The van der Waals surface area contributed by atoms with E-state index in [9.17, 15) is 15.0 Å². The molecule has 0 spiro atoms. The normalized spacial score (nSPS) is 54.2. The van der Waals surface area contributed by atoms with Gasteiger partial charge >= 0.3 is 5.97 Å². The minimum Gasteiger partial charge on any atom is -0.462 e. The predicted molar refractivity (Wildman–Crippen MR) is 94.7 cm³/mol. The summed E-state index contributed by atoms with van der Waals surface area (Å²) in [7, 11) is 0. The van der Waals surface area contributed by atoms with Crippen LogP contribution in [-0.4, -0.2) is 34.9 Å². The van der Waals surface area contributed by atoms with E-state index in [1.165, 1.54) is 6.92 Å². The Hall–Kier alpha value is -0.870. The van der Waals surface area contributed by atoms with Crippen LogP contribution in [-0.2, 0) is 9.53 Å². The van der Waals surface area contributed by atoms with Gasteiger partial charge in [0.15, 0.2) is 0 Å². The molecule has 2 N–H and O–H groups in total. The Morgan fingerprint density at radius 2 is 2.16 bits per heavy atom. The maximum atomic E-state index is 11.4. The molecule has 0 saturated heterocycles. The van der Waals surface area contributed by atoms with Crippen LogP contribution < -0.4 is 0 Å². The van der Waals surface area contributed by atoms with Crippen LogP contribution in [0, 0.1) is 28.6 Å². The second-order valence-electron chi connectivity index (χ2n) is 8.93. The first-order chi connectivity index (χ1) is 12.6. The van der Waals surface area contributed by atoms with Gasteiger partial charge in [0.1, 0.15) is 6.10 Å². The van der Waals surface area contributed by atoms with Gasteiger partial charge in [-0.1, -0.05) is 18.6 Å². The van der Waals surface area contributed by atoms with Gasteiger partial charge < -0.3 is 14.9 Å². The molecule has 0 amide bonds. The molecule has 3 saturated carbocycles. The summed E-state index contributed by atoms with van der Waals surface area (Å²) < 4.78 is 22.2. The lowest BCUT2D eigenvalue weighted by atomic mass is 9.47. The number of aliphatic hydroxyl groups excluding tert-OH is 1. The molecule has 0 aliphatic heterocycles. The van der Waals surface area contributed by atoms with E-state index in [0.717, 1.165) is 31.3 Å². The van der Waals surface area contributed by atoms with Gasteiger partial charge in [-0.25, -0.2) is 0 Å². The summed E-state index contributed by atoms with van der Waals surface area (Å²) in [5.41, 5.74) is 0.123. The molecule has 0 aromatic heterocycles. The molecular formula is C21H32O4. The van der Waals surface area contributed by atoms with E-state index in [4.69, 9.17) is 7.48 Å². The molecule has 0 aromatic rings. The summed E-state index contributed by atoms with van der Waals surface area (Å²) in [6.45, 7) is 2.31. The van der Waals surface area contributed by atoms with Gasteiger partial charge in [-0.2, -0.15) is 0 Å². The Morgan fingerprint density at radius 3 is 2.88 bits per heavy atom. The maximum Gasteiger partial charge on any atom is 0.302 e. The Balaban J connectivity index is 1.67. The molecule has 0 bridgehead atoms. The zero-order valence-corrected chi connectivity index (χ0v) is 15.3. The van der Waals surface area contributed by atoms with Crippen LogP contribution >= 0.6 is 0 Å². The standard InChI is InChI=1S/C21H32O4/c1-13(23)25-15-7-10-21(12-22)14(11-15)3-4-16-17-5-6-19(24)20(17,2)9-8-18(16)21/h3,15-19,22,24H,4-12H2,1-2H3/t15-,16-,17-,18-,19-,20-,21+/m0/s1/i12D,19D/t12-,15+,16+,17+,18+,19+,20+,21-/m1. The molecule has 25 heavy (non-hydrogen) atoms. The van der Waals surface area contributed by atoms with Crippen LogP contribution in [0.2, 0.25) is 0 Å². The average Bonchev–Trinajstić information content (AvgIpc) is 2.83. The Kier molecular flexibility index (Phi) is 3.71. The largest absolute Gasteiger partial charge is 0.462 e. The average molecular weight is 350 g/mol. The number of aliphatic hydroxyl groups is 2. The number of carbonyl (C=O) groups is 1. The molecule has 0 heterocycles. The number of hydrogen-bond acceptors (Lipinski definition) is 4. The van der Waals surface area contributed by atoms with Crippen molar-refractivity contribution >= 4 is 5.97 Å². The van der Waals surface area contributed by atoms with Crippen molar-refractivity contribution < 1.29 is 22.5 Å². The Morgan fingerprint density at radius 1 is 1.36 bits per heavy atom. The lowest BCUT2D eigenvalue weighted by molar-refractivity contribution is -0.149. The fourth-order valence-corrected chi connectivity index (χ4v) is 6.70. The monoisotopic (exact) mass is 350 g/mol. The third-order valence-corrected chi connectivity index (χ3v) is 7.96. The Bertz CT molecular complexity index is 661. The quantitative estimate of drug-likeness (QED) is 0.593. The lowest BCUT2D eigenvalue weighted by Crippen LogP contribution is -2.53. The Labute approximate surface area is 153 Å². The van der Waals surface area contributed by atoms with Gasteiger partial charge in [0.05, 0.1) is 15.4 Å². The maximum absolute atomic E-state index is 11.4. The second-order valence-corrected chi connectivity index (χ2v) is 8.93. The SMILES string of the molecule is [2H][C@@H](O)[C@]12CC[C@H](OC(C)=O)CC1=CC[C@@H]1[C@@H]2CC[C@@]2(C)[C@H]1CC[C@]2([2H])O. The van der Waals surface area contributed by atoms with Crippen molar-refractivity contribution in [3.8, 4) is 0 Å². The summed E-state index contributed by atoms with van der Waals surface area (Å²) in [6.07, 6.45) is 6.46. The zero-order valence-electron chi connectivity index (χ0n) is 17.3. The van der Waals surface area contributed by atoms with Crippen molar-refractivity contribution in [2.45, 2.75) is 77.4 Å². The topological polar surface area (TPSA) is 66.8 Å². The van der Waals surface area contributed by atoms with Crippen LogP contribution in [0.5, 0.6) is 0 Å². The third kappa shape index (κ3) is 2.51. The van der Waals surface area contributed by atoms with Gasteiger partial charge in [0, 0.05) is 18.8 Å². The minimum atomic E-state index is -1.37. The minimum absolute atomic E-state index is 0.157. The van der Waals surface area contributed by atoms with E-state index in [1.54, 1.807) is 0 Å². The number of carbonyl (C=O) groups excluding carboxylic acids is 1. The smallest absolute Gasteiger partial charge is 0.302 e. The van der Waals surface area contributed by atoms with Crippen molar-refractivity contribution in [1.29, 1.82) is 0 Å². The molecule has 3 fully saturated rings. The first kappa shape index (κ1) is 15.2. The fraction of sp³-hybridized carbons (Fsp3) is 0.857. The van der Waals surface area contributed by atoms with Gasteiger partial charge in [-0.3, -0.25) is 4.79 Å². The summed E-state index contributed by atoms with van der Waals surface area (Å²) in [4.78, 5) is 11.4. The number of hydrogen-bond donors (Lipinski definition) is 2. The molecule has 4 heteroatoms. The fourth-order valence-electron chi connectivity index (χ4n) is 6.70. The molecule has 4 aliphatic rings. The highest BCUT2D eigenvalue weighted by molar-refractivity contribution is 5.66. The van der Waals surface area contributed by atoms with Crippen LogP contribution in [0.15, 0.2) is 11.6 Å². The number of allylic oxidation sites excluding steroid dienone is 1. The molecule has 0 aromatic carbocycles. The van der Waals surface area contributed by atoms with Gasteiger partial charge in [-0.05, 0) is 68.1 Å². The number of fused-ring (bicyclic) bond motifs is 5. The van der Waals surface area contributed by atoms with Crippen molar-refractivity contribution in [1.82, 2.24) is 0 Å². The summed E-state index contributed by atoms with van der Waals surface area (Å²) in [5, 5.41) is 21.3. The molecule has 4 rings (SSSR count). The highest BCUT2D eigenvalue weighted by atomic mass is 16.5. The predicted octanol–water partition coefficient (Wildman–Crippen LogP) is 3.21. The summed E-state index contributed by atoms with van der Waals surface area (Å²) >= 11 is 0. The summed E-state index contributed by atoms with van der Waals surface area (Å²) in [6, 6.07) is 0. The summed E-state index contributed by atoms with van der Waals surface area (Å²) in [5.74, 6) is 0.494. The van der Waals surface area contributed by atoms with E-state index in [1.807, 2.05) is 0 Å². The van der Waals surface area contributed by atoms with E-state index < -0.39 is 23.5 Å². The highest BCUT2D eigenvalue weighted by Gasteiger charge is 2.59. The third-order valence-electron chi connectivity index (χ3n) is 7.96. The van der Waals surface area contributed by atoms with Crippen molar-refractivity contribution in [3.05, 3.63) is 11.6 Å². The number of esters is 1. The molecule has 0 unspecified atom stereocenters. The molecule has 4 nitrogen and oxygen atoms in total. The number of ether oxygens (including phenoxy) is 1. The van der Waals surface area contributed by atoms with E-state index in [0.29, 0.717) is 31.6 Å². The van der Waals surface area contributed by atoms with Gasteiger partial charge in [0.25, 0.3) is 0 Å². The zero-order chi connectivity index (χ0) is 19.6. The van der Waals surface area contributed by atoms with Crippen molar-refractivity contribution in [3.63, 3.8) is 0 Å². The molecular weight excluding hydrogens is 316 g/mol. The van der Waals surface area contributed by atoms with Crippen LogP contribution in [0.3, 0.4) is 0 Å². The van der Waals surface area contributed by atoms with E-state index in [2.05, 4.69) is 13.0 Å².